The lowest BCUT2D eigenvalue weighted by atomic mass is 10.2. The molecule has 5 heteroatoms. The zero-order valence-corrected chi connectivity index (χ0v) is 10.2. The Kier molecular flexibility index (Phi) is 4.43. The Morgan fingerprint density at radius 1 is 1.31 bits per heavy atom. The normalized spacial score (nSPS) is 9.75. The highest BCUT2D eigenvalue weighted by molar-refractivity contribution is 6.33. The number of methoxy groups -OCH3 is 2. The molecule has 0 bridgehead atoms. The lowest BCUT2D eigenvalue weighted by molar-refractivity contribution is -0.115. The highest BCUT2D eigenvalue weighted by Gasteiger charge is 2.11. The van der Waals surface area contributed by atoms with Crippen LogP contribution in [-0.2, 0) is 4.79 Å². The van der Waals surface area contributed by atoms with Gasteiger partial charge in [-0.1, -0.05) is 18.5 Å². The van der Waals surface area contributed by atoms with Crippen molar-refractivity contribution in [2.45, 2.75) is 13.3 Å². The Hall–Kier alpha value is -1.42. The topological polar surface area (TPSA) is 47.6 Å². The second-order valence-corrected chi connectivity index (χ2v) is 3.47. The van der Waals surface area contributed by atoms with E-state index in [0.29, 0.717) is 28.6 Å². The van der Waals surface area contributed by atoms with Crippen LogP contribution >= 0.6 is 11.6 Å². The summed E-state index contributed by atoms with van der Waals surface area (Å²) in [5, 5.41) is 3.10. The van der Waals surface area contributed by atoms with Gasteiger partial charge in [0.1, 0.15) is 16.5 Å². The molecule has 0 aliphatic rings. The summed E-state index contributed by atoms with van der Waals surface area (Å²) in [5.41, 5.74) is 0.602. The first kappa shape index (κ1) is 12.6. The van der Waals surface area contributed by atoms with Crippen LogP contribution in [0.5, 0.6) is 11.5 Å². The lowest BCUT2D eigenvalue weighted by Gasteiger charge is -2.11. The minimum absolute atomic E-state index is 0.0774. The fraction of sp³-hybridized carbons (Fsp3) is 0.364. The Bertz CT molecular complexity index is 368. The molecule has 0 unspecified atom stereocenters. The second-order valence-electron chi connectivity index (χ2n) is 3.10. The zero-order valence-electron chi connectivity index (χ0n) is 9.46. The molecule has 0 aromatic heterocycles. The predicted octanol–water partition coefficient (Wildman–Crippen LogP) is 2.71. The highest BCUT2D eigenvalue weighted by atomic mass is 35.5. The monoisotopic (exact) mass is 243 g/mol. The number of hydrogen-bond donors (Lipinski definition) is 1. The summed E-state index contributed by atoms with van der Waals surface area (Å²) in [6.07, 6.45) is 0.410. The minimum Gasteiger partial charge on any atom is -0.495 e. The molecule has 1 aromatic rings. The van der Waals surface area contributed by atoms with Crippen LogP contribution in [0.15, 0.2) is 12.1 Å². The lowest BCUT2D eigenvalue weighted by Crippen LogP contribution is -2.09. The fourth-order valence-corrected chi connectivity index (χ4v) is 1.45. The van der Waals surface area contributed by atoms with Crippen LogP contribution in [0.1, 0.15) is 13.3 Å². The predicted molar refractivity (Wildman–Crippen MR) is 63.5 cm³/mol. The van der Waals surface area contributed by atoms with Crippen LogP contribution in [0.25, 0.3) is 0 Å². The summed E-state index contributed by atoms with van der Waals surface area (Å²) in [6.45, 7) is 1.78. The number of carbonyl (C=O) groups is 1. The van der Waals surface area contributed by atoms with Crippen molar-refractivity contribution in [1.82, 2.24) is 0 Å². The molecule has 0 aliphatic carbocycles. The van der Waals surface area contributed by atoms with Crippen molar-refractivity contribution < 1.29 is 14.3 Å². The molecule has 0 saturated carbocycles. The maximum Gasteiger partial charge on any atom is 0.224 e. The summed E-state index contributed by atoms with van der Waals surface area (Å²) >= 11 is 5.99. The number of anilines is 1. The molecule has 0 saturated heterocycles. The SMILES string of the molecule is CCC(=O)Nc1cc(OC)c(Cl)c(OC)c1. The number of rotatable bonds is 4. The number of benzene rings is 1. The quantitative estimate of drug-likeness (QED) is 0.885. The largest absolute Gasteiger partial charge is 0.495 e. The summed E-state index contributed by atoms with van der Waals surface area (Å²) < 4.78 is 10.2. The summed E-state index contributed by atoms with van der Waals surface area (Å²) in [6, 6.07) is 3.30. The first-order valence-corrected chi connectivity index (χ1v) is 5.21. The van der Waals surface area contributed by atoms with E-state index in [2.05, 4.69) is 5.32 Å². The molecule has 0 radical (unpaired) electrons. The summed E-state index contributed by atoms with van der Waals surface area (Å²) in [4.78, 5) is 11.2. The van der Waals surface area contributed by atoms with Gasteiger partial charge in [-0.2, -0.15) is 0 Å². The van der Waals surface area contributed by atoms with E-state index in [4.69, 9.17) is 21.1 Å². The molecule has 0 heterocycles. The van der Waals surface area contributed by atoms with Gasteiger partial charge in [-0.3, -0.25) is 4.79 Å². The van der Waals surface area contributed by atoms with Gasteiger partial charge < -0.3 is 14.8 Å². The molecular formula is C11H14ClNO3. The van der Waals surface area contributed by atoms with Gasteiger partial charge in [0.25, 0.3) is 0 Å². The van der Waals surface area contributed by atoms with E-state index in [1.54, 1.807) is 19.1 Å². The number of amides is 1. The number of nitrogens with one attached hydrogen (secondary N) is 1. The molecular weight excluding hydrogens is 230 g/mol. The van der Waals surface area contributed by atoms with Crippen molar-refractivity contribution >= 4 is 23.2 Å². The molecule has 16 heavy (non-hydrogen) atoms. The molecule has 1 aromatic carbocycles. The Morgan fingerprint density at radius 3 is 2.19 bits per heavy atom. The molecule has 1 amide bonds. The first-order chi connectivity index (χ1) is 7.62. The van der Waals surface area contributed by atoms with Crippen molar-refractivity contribution in [3.63, 3.8) is 0 Å². The van der Waals surface area contributed by atoms with E-state index in [1.807, 2.05) is 0 Å². The molecule has 0 atom stereocenters. The van der Waals surface area contributed by atoms with Gasteiger partial charge in [0.2, 0.25) is 5.91 Å². The van der Waals surface area contributed by atoms with Crippen LogP contribution < -0.4 is 14.8 Å². The third-order valence-electron chi connectivity index (χ3n) is 2.05. The zero-order chi connectivity index (χ0) is 12.1. The van der Waals surface area contributed by atoms with E-state index >= 15 is 0 Å². The Balaban J connectivity index is 3.06. The van der Waals surface area contributed by atoms with Crippen molar-refractivity contribution in [1.29, 1.82) is 0 Å². The molecule has 0 aliphatic heterocycles. The first-order valence-electron chi connectivity index (χ1n) is 4.83. The Morgan fingerprint density at radius 2 is 1.81 bits per heavy atom. The highest BCUT2D eigenvalue weighted by Crippen LogP contribution is 2.37. The van der Waals surface area contributed by atoms with Crippen LogP contribution in [0.3, 0.4) is 0 Å². The second kappa shape index (κ2) is 5.61. The van der Waals surface area contributed by atoms with Crippen LogP contribution in [0.4, 0.5) is 5.69 Å². The molecule has 1 N–H and O–H groups in total. The van der Waals surface area contributed by atoms with Crippen LogP contribution in [0.2, 0.25) is 5.02 Å². The number of hydrogen-bond acceptors (Lipinski definition) is 3. The van der Waals surface area contributed by atoms with Crippen molar-refractivity contribution in [3.8, 4) is 11.5 Å². The van der Waals surface area contributed by atoms with E-state index in [9.17, 15) is 4.79 Å². The maximum absolute atomic E-state index is 11.2. The Labute approximate surface area is 99.5 Å². The number of ether oxygens (including phenoxy) is 2. The van der Waals surface area contributed by atoms with Crippen molar-refractivity contribution in [3.05, 3.63) is 17.2 Å². The van der Waals surface area contributed by atoms with Gasteiger partial charge in [-0.15, -0.1) is 0 Å². The molecule has 0 fully saturated rings. The van der Waals surface area contributed by atoms with Crippen molar-refractivity contribution in [2.24, 2.45) is 0 Å². The van der Waals surface area contributed by atoms with Gasteiger partial charge in [0, 0.05) is 24.2 Å². The average Bonchev–Trinajstić information content (AvgIpc) is 2.30. The van der Waals surface area contributed by atoms with Crippen LogP contribution in [0, 0.1) is 0 Å². The fourth-order valence-electron chi connectivity index (χ4n) is 1.19. The third-order valence-corrected chi connectivity index (χ3v) is 2.42. The summed E-state index contributed by atoms with van der Waals surface area (Å²) in [5.74, 6) is 0.853. The van der Waals surface area contributed by atoms with E-state index in [1.165, 1.54) is 14.2 Å². The van der Waals surface area contributed by atoms with Crippen molar-refractivity contribution in [2.75, 3.05) is 19.5 Å². The van der Waals surface area contributed by atoms with E-state index in [0.717, 1.165) is 0 Å². The molecule has 0 spiro atoms. The molecule has 88 valence electrons. The molecule has 4 nitrogen and oxygen atoms in total. The maximum atomic E-state index is 11.2. The average molecular weight is 244 g/mol. The standard InChI is InChI=1S/C11H14ClNO3/c1-4-10(14)13-7-5-8(15-2)11(12)9(6-7)16-3/h5-6H,4H2,1-3H3,(H,13,14). The van der Waals surface area contributed by atoms with Gasteiger partial charge in [-0.25, -0.2) is 0 Å². The third kappa shape index (κ3) is 2.79. The van der Waals surface area contributed by atoms with E-state index < -0.39 is 0 Å². The van der Waals surface area contributed by atoms with Gasteiger partial charge >= 0.3 is 0 Å². The smallest absolute Gasteiger partial charge is 0.224 e. The number of carbonyl (C=O) groups excluding carboxylic acids is 1. The number of halogens is 1. The van der Waals surface area contributed by atoms with Gasteiger partial charge in [-0.05, 0) is 0 Å². The summed E-state index contributed by atoms with van der Waals surface area (Å²) in [7, 11) is 3.01. The van der Waals surface area contributed by atoms with Gasteiger partial charge in [0.15, 0.2) is 0 Å². The van der Waals surface area contributed by atoms with Gasteiger partial charge in [0.05, 0.1) is 14.2 Å². The van der Waals surface area contributed by atoms with E-state index in [-0.39, 0.29) is 5.91 Å². The minimum atomic E-state index is -0.0774. The van der Waals surface area contributed by atoms with Crippen LogP contribution in [-0.4, -0.2) is 20.1 Å². The molecule has 1 rings (SSSR count).